The molecule has 1 aliphatic heterocycles. The predicted octanol–water partition coefficient (Wildman–Crippen LogP) is 2.88. The standard InChI is InChI=1S/C19H26N4O2/c1-13-8-9-16(14(2)11-13)25-12-18(24)20-15(3)19-22-21-17-7-5-4-6-10-23(17)19/h8-9,11,15H,4-7,10,12H2,1-3H3,(H,20,24)/t15-/m0/s1. The molecular formula is C19H26N4O2. The molecule has 3 rings (SSSR count). The molecule has 1 aromatic heterocycles. The summed E-state index contributed by atoms with van der Waals surface area (Å²) in [5.41, 5.74) is 2.21. The van der Waals surface area contributed by atoms with Crippen molar-refractivity contribution in [2.75, 3.05) is 6.61 Å². The predicted molar refractivity (Wildman–Crippen MR) is 95.5 cm³/mol. The summed E-state index contributed by atoms with van der Waals surface area (Å²) in [5, 5.41) is 11.5. The number of hydrogen-bond donors (Lipinski definition) is 1. The minimum absolute atomic E-state index is 0.00473. The van der Waals surface area contributed by atoms with E-state index in [-0.39, 0.29) is 18.6 Å². The van der Waals surface area contributed by atoms with E-state index >= 15 is 0 Å². The SMILES string of the molecule is Cc1ccc(OCC(=O)N[C@@H](C)c2nnc3n2CCCCC3)c(C)c1. The van der Waals surface area contributed by atoms with Gasteiger partial charge in [0.1, 0.15) is 11.6 Å². The molecule has 0 saturated carbocycles. The Hall–Kier alpha value is -2.37. The number of rotatable bonds is 5. The van der Waals surface area contributed by atoms with Gasteiger partial charge in [0.25, 0.3) is 5.91 Å². The molecule has 0 saturated heterocycles. The van der Waals surface area contributed by atoms with Crippen LogP contribution in [0.3, 0.4) is 0 Å². The molecule has 1 atom stereocenters. The van der Waals surface area contributed by atoms with Gasteiger partial charge in [0.05, 0.1) is 6.04 Å². The number of nitrogens with zero attached hydrogens (tertiary/aromatic N) is 3. The average molecular weight is 342 g/mol. The molecule has 6 nitrogen and oxygen atoms in total. The highest BCUT2D eigenvalue weighted by molar-refractivity contribution is 5.77. The van der Waals surface area contributed by atoms with E-state index in [2.05, 4.69) is 20.1 Å². The Morgan fingerprint density at radius 2 is 2.12 bits per heavy atom. The van der Waals surface area contributed by atoms with Gasteiger partial charge in [-0.15, -0.1) is 10.2 Å². The van der Waals surface area contributed by atoms with Gasteiger partial charge in [0.2, 0.25) is 0 Å². The first-order chi connectivity index (χ1) is 12.0. The molecule has 1 aliphatic rings. The van der Waals surface area contributed by atoms with Crippen LogP contribution in [0.4, 0.5) is 0 Å². The van der Waals surface area contributed by atoms with Crippen LogP contribution in [0.2, 0.25) is 0 Å². The monoisotopic (exact) mass is 342 g/mol. The summed E-state index contributed by atoms with van der Waals surface area (Å²) in [4.78, 5) is 12.2. The fraction of sp³-hybridized carbons (Fsp3) is 0.526. The summed E-state index contributed by atoms with van der Waals surface area (Å²) >= 11 is 0. The van der Waals surface area contributed by atoms with Crippen molar-refractivity contribution in [3.63, 3.8) is 0 Å². The molecular weight excluding hydrogens is 316 g/mol. The fourth-order valence-corrected chi connectivity index (χ4v) is 3.28. The number of nitrogens with one attached hydrogen (secondary N) is 1. The summed E-state index contributed by atoms with van der Waals surface area (Å²) in [6.07, 6.45) is 4.47. The minimum atomic E-state index is -0.186. The van der Waals surface area contributed by atoms with E-state index < -0.39 is 0 Å². The fourth-order valence-electron chi connectivity index (χ4n) is 3.28. The first kappa shape index (κ1) is 17.5. The van der Waals surface area contributed by atoms with E-state index in [1.807, 2.05) is 39.0 Å². The molecule has 6 heteroatoms. The van der Waals surface area contributed by atoms with Crippen molar-refractivity contribution in [1.29, 1.82) is 0 Å². The third kappa shape index (κ3) is 4.18. The first-order valence-corrected chi connectivity index (χ1v) is 8.96. The van der Waals surface area contributed by atoms with Gasteiger partial charge in [-0.3, -0.25) is 4.79 Å². The number of carbonyl (C=O) groups is 1. The van der Waals surface area contributed by atoms with Gasteiger partial charge >= 0.3 is 0 Å². The number of hydrogen-bond acceptors (Lipinski definition) is 4. The van der Waals surface area contributed by atoms with E-state index in [4.69, 9.17) is 4.74 Å². The van der Waals surface area contributed by atoms with Crippen molar-refractivity contribution in [2.45, 2.75) is 59.0 Å². The number of ether oxygens (including phenoxy) is 1. The lowest BCUT2D eigenvalue weighted by molar-refractivity contribution is -0.123. The van der Waals surface area contributed by atoms with Crippen molar-refractivity contribution in [1.82, 2.24) is 20.1 Å². The van der Waals surface area contributed by atoms with Gasteiger partial charge in [0, 0.05) is 13.0 Å². The summed E-state index contributed by atoms with van der Waals surface area (Å²) in [7, 11) is 0. The zero-order valence-corrected chi connectivity index (χ0v) is 15.2. The third-order valence-corrected chi connectivity index (χ3v) is 4.59. The normalized spacial score (nSPS) is 15.2. The molecule has 0 spiro atoms. The van der Waals surface area contributed by atoms with Crippen molar-refractivity contribution >= 4 is 5.91 Å². The number of aryl methyl sites for hydroxylation is 3. The van der Waals surface area contributed by atoms with Gasteiger partial charge < -0.3 is 14.6 Å². The highest BCUT2D eigenvalue weighted by Crippen LogP contribution is 2.20. The molecule has 1 N–H and O–H groups in total. The molecule has 0 unspecified atom stereocenters. The Kier molecular flexibility index (Phi) is 5.36. The molecule has 1 amide bonds. The van der Waals surface area contributed by atoms with Crippen LogP contribution < -0.4 is 10.1 Å². The van der Waals surface area contributed by atoms with Crippen LogP contribution in [0.25, 0.3) is 0 Å². The number of benzene rings is 1. The number of aromatic nitrogens is 3. The average Bonchev–Trinajstić information content (AvgIpc) is 2.83. The van der Waals surface area contributed by atoms with Crippen molar-refractivity contribution in [3.05, 3.63) is 41.0 Å². The van der Waals surface area contributed by atoms with Crippen LogP contribution in [-0.4, -0.2) is 27.3 Å². The van der Waals surface area contributed by atoms with E-state index in [1.165, 1.54) is 12.0 Å². The van der Waals surface area contributed by atoms with Crippen LogP contribution in [0.5, 0.6) is 5.75 Å². The number of amides is 1. The second kappa shape index (κ2) is 7.68. The van der Waals surface area contributed by atoms with Crippen LogP contribution in [0.15, 0.2) is 18.2 Å². The highest BCUT2D eigenvalue weighted by Gasteiger charge is 2.20. The molecule has 0 radical (unpaired) electrons. The molecule has 0 aliphatic carbocycles. The molecule has 0 fully saturated rings. The maximum absolute atomic E-state index is 12.2. The van der Waals surface area contributed by atoms with Crippen molar-refractivity contribution < 1.29 is 9.53 Å². The summed E-state index contributed by atoms with van der Waals surface area (Å²) < 4.78 is 7.81. The van der Waals surface area contributed by atoms with Crippen molar-refractivity contribution in [2.24, 2.45) is 0 Å². The first-order valence-electron chi connectivity index (χ1n) is 8.96. The zero-order chi connectivity index (χ0) is 17.8. The van der Waals surface area contributed by atoms with E-state index in [0.717, 1.165) is 48.8 Å². The number of fused-ring (bicyclic) bond motifs is 1. The van der Waals surface area contributed by atoms with Crippen molar-refractivity contribution in [3.8, 4) is 5.75 Å². The summed E-state index contributed by atoms with van der Waals surface area (Å²) in [6, 6.07) is 5.74. The van der Waals surface area contributed by atoms with Crippen LogP contribution in [0, 0.1) is 13.8 Å². The molecule has 1 aromatic carbocycles. The molecule has 0 bridgehead atoms. The quantitative estimate of drug-likeness (QED) is 0.907. The molecule has 25 heavy (non-hydrogen) atoms. The van der Waals surface area contributed by atoms with Gasteiger partial charge in [-0.05, 0) is 45.2 Å². The minimum Gasteiger partial charge on any atom is -0.484 e. The lowest BCUT2D eigenvalue weighted by Gasteiger charge is -2.16. The van der Waals surface area contributed by atoms with E-state index in [9.17, 15) is 4.79 Å². The molecule has 134 valence electrons. The molecule has 2 heterocycles. The topological polar surface area (TPSA) is 69.0 Å². The summed E-state index contributed by atoms with van der Waals surface area (Å²) in [5.74, 6) is 2.44. The van der Waals surface area contributed by atoms with Gasteiger partial charge in [-0.25, -0.2) is 0 Å². The summed E-state index contributed by atoms with van der Waals surface area (Å²) in [6.45, 7) is 6.88. The Bertz CT molecular complexity index is 754. The third-order valence-electron chi connectivity index (χ3n) is 4.59. The second-order valence-corrected chi connectivity index (χ2v) is 6.78. The maximum Gasteiger partial charge on any atom is 0.258 e. The van der Waals surface area contributed by atoms with Crippen LogP contribution in [-0.2, 0) is 17.8 Å². The van der Waals surface area contributed by atoms with Gasteiger partial charge in [-0.2, -0.15) is 0 Å². The smallest absolute Gasteiger partial charge is 0.258 e. The Balaban J connectivity index is 1.58. The highest BCUT2D eigenvalue weighted by atomic mass is 16.5. The zero-order valence-electron chi connectivity index (χ0n) is 15.2. The Morgan fingerprint density at radius 3 is 2.92 bits per heavy atom. The lowest BCUT2D eigenvalue weighted by atomic mass is 10.1. The second-order valence-electron chi connectivity index (χ2n) is 6.78. The maximum atomic E-state index is 12.2. The van der Waals surface area contributed by atoms with Gasteiger partial charge in [0.15, 0.2) is 12.4 Å². The van der Waals surface area contributed by atoms with Gasteiger partial charge in [-0.1, -0.05) is 24.1 Å². The largest absolute Gasteiger partial charge is 0.484 e. The Labute approximate surface area is 148 Å². The number of carbonyl (C=O) groups excluding carboxylic acids is 1. The van der Waals surface area contributed by atoms with E-state index in [0.29, 0.717) is 0 Å². The Morgan fingerprint density at radius 1 is 1.28 bits per heavy atom. The lowest BCUT2D eigenvalue weighted by Crippen LogP contribution is -2.32. The van der Waals surface area contributed by atoms with Crippen LogP contribution >= 0.6 is 0 Å². The van der Waals surface area contributed by atoms with Crippen LogP contribution in [0.1, 0.15) is 55.0 Å². The van der Waals surface area contributed by atoms with E-state index in [1.54, 1.807) is 0 Å². The molecule has 2 aromatic rings.